The zero-order chi connectivity index (χ0) is 20.7. The summed E-state index contributed by atoms with van der Waals surface area (Å²) in [5.41, 5.74) is 3.60. The molecule has 2 aromatic carbocycles. The average molecular weight is 405 g/mol. The SMILES string of the molecule is O=C(c1ccc(N2CCc3ccccc3C2)cc1)C1CCN(C(=O)C2(O)CC2)CC1. The van der Waals surface area contributed by atoms with Crippen LogP contribution in [0.3, 0.4) is 0 Å². The molecule has 3 aliphatic rings. The van der Waals surface area contributed by atoms with Gasteiger partial charge in [-0.1, -0.05) is 24.3 Å². The van der Waals surface area contributed by atoms with E-state index in [2.05, 4.69) is 41.3 Å². The van der Waals surface area contributed by atoms with Gasteiger partial charge < -0.3 is 14.9 Å². The summed E-state index contributed by atoms with van der Waals surface area (Å²) in [5, 5.41) is 10.0. The number of rotatable bonds is 4. The standard InChI is InChI=1S/C25H28N2O3/c28-23(20-10-14-26(15-11-20)24(29)25(30)12-13-25)19-5-7-22(8-6-19)27-16-9-18-3-1-2-4-21(18)17-27/h1-8,20,30H,9-17H2. The number of benzene rings is 2. The van der Waals surface area contributed by atoms with Crippen LogP contribution in [0.25, 0.3) is 0 Å². The van der Waals surface area contributed by atoms with Crippen molar-refractivity contribution in [1.29, 1.82) is 0 Å². The zero-order valence-corrected chi connectivity index (χ0v) is 17.2. The topological polar surface area (TPSA) is 60.9 Å². The van der Waals surface area contributed by atoms with Crippen LogP contribution in [0.1, 0.15) is 47.2 Å². The molecule has 0 bridgehead atoms. The molecule has 0 radical (unpaired) electrons. The number of carbonyl (C=O) groups is 2. The molecular weight excluding hydrogens is 376 g/mol. The monoisotopic (exact) mass is 404 g/mol. The van der Waals surface area contributed by atoms with Crippen molar-refractivity contribution in [3.05, 3.63) is 65.2 Å². The number of hydrogen-bond donors (Lipinski definition) is 1. The number of fused-ring (bicyclic) bond motifs is 1. The van der Waals surface area contributed by atoms with E-state index in [0.29, 0.717) is 38.8 Å². The van der Waals surface area contributed by atoms with Gasteiger partial charge in [0.25, 0.3) is 5.91 Å². The first-order valence-corrected chi connectivity index (χ1v) is 11.0. The van der Waals surface area contributed by atoms with E-state index in [4.69, 9.17) is 0 Å². The molecule has 0 aromatic heterocycles. The minimum Gasteiger partial charge on any atom is -0.380 e. The second-order valence-corrected chi connectivity index (χ2v) is 8.95. The van der Waals surface area contributed by atoms with E-state index in [1.807, 2.05) is 12.1 Å². The molecule has 0 spiro atoms. The van der Waals surface area contributed by atoms with Crippen LogP contribution in [0, 0.1) is 5.92 Å². The van der Waals surface area contributed by atoms with E-state index in [1.165, 1.54) is 11.1 Å². The Morgan fingerprint density at radius 1 is 0.900 bits per heavy atom. The van der Waals surface area contributed by atoms with Gasteiger partial charge in [-0.2, -0.15) is 0 Å². The average Bonchev–Trinajstić information content (AvgIpc) is 3.56. The Labute approximate surface area is 177 Å². The van der Waals surface area contributed by atoms with Crippen molar-refractivity contribution in [1.82, 2.24) is 4.90 Å². The van der Waals surface area contributed by atoms with Crippen molar-refractivity contribution in [3.8, 4) is 0 Å². The number of anilines is 1. The lowest BCUT2D eigenvalue weighted by molar-refractivity contribution is -0.143. The number of piperidine rings is 1. The first kappa shape index (κ1) is 19.3. The van der Waals surface area contributed by atoms with Gasteiger partial charge in [0.2, 0.25) is 0 Å². The van der Waals surface area contributed by atoms with Crippen LogP contribution in [0.5, 0.6) is 0 Å². The maximum Gasteiger partial charge on any atom is 0.254 e. The Morgan fingerprint density at radius 2 is 1.57 bits per heavy atom. The van der Waals surface area contributed by atoms with Crippen LogP contribution in [0.15, 0.2) is 48.5 Å². The van der Waals surface area contributed by atoms with Gasteiger partial charge in [-0.3, -0.25) is 9.59 Å². The molecular formula is C25H28N2O3. The summed E-state index contributed by atoms with van der Waals surface area (Å²) in [6, 6.07) is 16.6. The fourth-order valence-corrected chi connectivity index (χ4v) is 4.76. The molecule has 5 rings (SSSR count). The summed E-state index contributed by atoms with van der Waals surface area (Å²) in [4.78, 5) is 29.3. The summed E-state index contributed by atoms with van der Waals surface area (Å²) in [5.74, 6) is -0.0285. The molecule has 1 saturated heterocycles. The van der Waals surface area contributed by atoms with E-state index in [0.717, 1.165) is 30.8 Å². The summed E-state index contributed by atoms with van der Waals surface area (Å²) >= 11 is 0. The third kappa shape index (κ3) is 3.63. The largest absolute Gasteiger partial charge is 0.380 e. The van der Waals surface area contributed by atoms with Gasteiger partial charge in [0.15, 0.2) is 5.78 Å². The van der Waals surface area contributed by atoms with Crippen molar-refractivity contribution in [2.45, 2.75) is 44.2 Å². The Morgan fingerprint density at radius 3 is 2.23 bits per heavy atom. The smallest absolute Gasteiger partial charge is 0.254 e. The molecule has 2 aromatic rings. The number of hydrogen-bond acceptors (Lipinski definition) is 4. The molecule has 156 valence electrons. The lowest BCUT2D eigenvalue weighted by Crippen LogP contribution is -2.46. The highest BCUT2D eigenvalue weighted by Gasteiger charge is 2.50. The summed E-state index contributed by atoms with van der Waals surface area (Å²) < 4.78 is 0. The quantitative estimate of drug-likeness (QED) is 0.795. The van der Waals surface area contributed by atoms with Gasteiger partial charge >= 0.3 is 0 Å². The molecule has 5 heteroatoms. The van der Waals surface area contributed by atoms with Gasteiger partial charge in [-0.05, 0) is 67.5 Å². The van der Waals surface area contributed by atoms with Crippen LogP contribution in [-0.4, -0.2) is 46.9 Å². The molecule has 2 heterocycles. The number of aliphatic hydroxyl groups is 1. The zero-order valence-electron chi connectivity index (χ0n) is 17.2. The third-order valence-electron chi connectivity index (χ3n) is 6.92. The van der Waals surface area contributed by atoms with Gasteiger partial charge in [-0.15, -0.1) is 0 Å². The fourth-order valence-electron chi connectivity index (χ4n) is 4.76. The van der Waals surface area contributed by atoms with E-state index in [9.17, 15) is 14.7 Å². The molecule has 1 N–H and O–H groups in total. The number of nitrogens with zero attached hydrogens (tertiary/aromatic N) is 2. The maximum absolute atomic E-state index is 13.0. The summed E-state index contributed by atoms with van der Waals surface area (Å²) in [6.45, 7) is 3.01. The van der Waals surface area contributed by atoms with Crippen LogP contribution < -0.4 is 4.90 Å². The summed E-state index contributed by atoms with van der Waals surface area (Å²) in [6.07, 6.45) is 3.53. The minimum absolute atomic E-state index is 0.0457. The molecule has 30 heavy (non-hydrogen) atoms. The number of ketones is 1. The van der Waals surface area contributed by atoms with Crippen molar-refractivity contribution >= 4 is 17.4 Å². The summed E-state index contributed by atoms with van der Waals surface area (Å²) in [7, 11) is 0. The molecule has 0 unspecified atom stereocenters. The van der Waals surface area contributed by atoms with Gasteiger partial charge in [0.1, 0.15) is 5.60 Å². The highest BCUT2D eigenvalue weighted by atomic mass is 16.3. The number of amides is 1. The number of carbonyl (C=O) groups excluding carboxylic acids is 2. The van der Waals surface area contributed by atoms with Gasteiger partial charge in [0.05, 0.1) is 0 Å². The molecule has 1 saturated carbocycles. The first-order valence-electron chi connectivity index (χ1n) is 11.0. The van der Waals surface area contributed by atoms with Gasteiger partial charge in [-0.25, -0.2) is 0 Å². The van der Waals surface area contributed by atoms with Crippen LogP contribution in [0.2, 0.25) is 0 Å². The maximum atomic E-state index is 13.0. The van der Waals surface area contributed by atoms with E-state index >= 15 is 0 Å². The fraction of sp³-hybridized carbons (Fsp3) is 0.440. The normalized spacial score (nSPS) is 20.6. The minimum atomic E-state index is -1.11. The van der Waals surface area contributed by atoms with Crippen molar-refractivity contribution in [2.24, 2.45) is 5.92 Å². The lowest BCUT2D eigenvalue weighted by atomic mass is 9.88. The second kappa shape index (κ2) is 7.55. The highest BCUT2D eigenvalue weighted by molar-refractivity contribution is 5.98. The molecule has 1 aliphatic carbocycles. The Bertz CT molecular complexity index is 957. The number of likely N-dealkylation sites (tertiary alicyclic amines) is 1. The molecule has 2 fully saturated rings. The Kier molecular flexibility index (Phi) is 4.86. The van der Waals surface area contributed by atoms with Crippen molar-refractivity contribution < 1.29 is 14.7 Å². The number of Topliss-reactive ketones (excluding diaryl/α,β-unsaturated/α-hetero) is 1. The highest BCUT2D eigenvalue weighted by Crippen LogP contribution is 2.38. The van der Waals surface area contributed by atoms with Gasteiger partial charge in [0, 0.05) is 43.3 Å². The molecule has 5 nitrogen and oxygen atoms in total. The molecule has 2 aliphatic heterocycles. The van der Waals surface area contributed by atoms with Crippen LogP contribution >= 0.6 is 0 Å². The Balaban J connectivity index is 1.20. The molecule has 0 atom stereocenters. The third-order valence-corrected chi connectivity index (χ3v) is 6.92. The Hall–Kier alpha value is -2.66. The predicted molar refractivity (Wildman–Crippen MR) is 115 cm³/mol. The van der Waals surface area contributed by atoms with Crippen LogP contribution in [0.4, 0.5) is 5.69 Å². The molecule has 1 amide bonds. The second-order valence-electron chi connectivity index (χ2n) is 8.95. The van der Waals surface area contributed by atoms with Crippen molar-refractivity contribution in [3.63, 3.8) is 0 Å². The van der Waals surface area contributed by atoms with E-state index in [-0.39, 0.29) is 17.6 Å². The van der Waals surface area contributed by atoms with Crippen LogP contribution in [-0.2, 0) is 17.8 Å². The van der Waals surface area contributed by atoms with E-state index < -0.39 is 5.60 Å². The first-order chi connectivity index (χ1) is 14.5. The van der Waals surface area contributed by atoms with Crippen molar-refractivity contribution in [2.75, 3.05) is 24.5 Å². The van der Waals surface area contributed by atoms with E-state index in [1.54, 1.807) is 4.90 Å². The predicted octanol–water partition coefficient (Wildman–Crippen LogP) is 3.20. The lowest BCUT2D eigenvalue weighted by Gasteiger charge is -2.33.